The third-order valence-electron chi connectivity index (χ3n) is 3.09. The molecule has 0 saturated heterocycles. The number of rotatable bonds is 5. The molecular formula is C17H17ClFN3O3. The second kappa shape index (κ2) is 8.89. The van der Waals surface area contributed by atoms with Crippen LogP contribution < -0.4 is 20.9 Å². The van der Waals surface area contributed by atoms with Crippen molar-refractivity contribution in [1.82, 2.24) is 10.9 Å². The zero-order valence-corrected chi connectivity index (χ0v) is 14.2. The van der Waals surface area contributed by atoms with E-state index in [4.69, 9.17) is 16.3 Å². The summed E-state index contributed by atoms with van der Waals surface area (Å²) in [6, 6.07) is 10.1. The van der Waals surface area contributed by atoms with E-state index in [1.54, 1.807) is 24.3 Å². The highest BCUT2D eigenvalue weighted by Gasteiger charge is 2.07. The number of hydrogen-bond acceptors (Lipinski definition) is 3. The number of hydrazine groups is 1. The lowest BCUT2D eigenvalue weighted by atomic mass is 10.1. The Balaban J connectivity index is 1.78. The van der Waals surface area contributed by atoms with Crippen LogP contribution in [0.1, 0.15) is 12.5 Å². The van der Waals surface area contributed by atoms with Crippen LogP contribution in [-0.2, 0) is 11.2 Å². The molecule has 2 rings (SSSR count). The molecule has 0 atom stereocenters. The first kappa shape index (κ1) is 18.5. The third-order valence-corrected chi connectivity index (χ3v) is 3.38. The standard InChI is InChI=1S/C17H17ClFN3O3/c1-2-25-13-6-3-11(4-7-13)9-16(23)21-22-17(24)20-12-5-8-15(19)14(18)10-12/h3-8,10H,2,9H2,1H3,(H,21,23)(H2,20,22,24). The van der Waals surface area contributed by atoms with Crippen LogP contribution in [0.4, 0.5) is 14.9 Å². The molecule has 0 radical (unpaired) electrons. The maximum atomic E-state index is 13.0. The van der Waals surface area contributed by atoms with Crippen molar-refractivity contribution < 1.29 is 18.7 Å². The van der Waals surface area contributed by atoms with Crippen molar-refractivity contribution in [3.63, 3.8) is 0 Å². The summed E-state index contributed by atoms with van der Waals surface area (Å²) in [4.78, 5) is 23.5. The predicted molar refractivity (Wildman–Crippen MR) is 93.0 cm³/mol. The summed E-state index contributed by atoms with van der Waals surface area (Å²) >= 11 is 5.62. The van der Waals surface area contributed by atoms with Crippen molar-refractivity contribution >= 4 is 29.2 Å². The fourth-order valence-electron chi connectivity index (χ4n) is 1.96. The first-order valence-corrected chi connectivity index (χ1v) is 7.88. The van der Waals surface area contributed by atoms with Gasteiger partial charge in [0.25, 0.3) is 0 Å². The van der Waals surface area contributed by atoms with E-state index in [1.807, 2.05) is 6.92 Å². The topological polar surface area (TPSA) is 79.5 Å². The number of halogens is 2. The molecule has 0 heterocycles. The van der Waals surface area contributed by atoms with Gasteiger partial charge in [-0.05, 0) is 42.8 Å². The summed E-state index contributed by atoms with van der Waals surface area (Å²) in [5, 5.41) is 2.30. The number of nitrogens with one attached hydrogen (secondary N) is 3. The molecule has 0 aromatic heterocycles. The zero-order chi connectivity index (χ0) is 18.2. The van der Waals surface area contributed by atoms with Crippen LogP contribution in [0.25, 0.3) is 0 Å². The summed E-state index contributed by atoms with van der Waals surface area (Å²) < 4.78 is 18.4. The molecule has 0 unspecified atom stereocenters. The highest BCUT2D eigenvalue weighted by atomic mass is 35.5. The fourth-order valence-corrected chi connectivity index (χ4v) is 2.14. The molecule has 2 aromatic carbocycles. The molecule has 0 aliphatic heterocycles. The average Bonchev–Trinajstić information content (AvgIpc) is 2.58. The normalized spacial score (nSPS) is 10.0. The van der Waals surface area contributed by atoms with Crippen LogP contribution in [0.5, 0.6) is 5.75 Å². The molecule has 3 N–H and O–H groups in total. The third kappa shape index (κ3) is 5.96. The Morgan fingerprint density at radius 1 is 1.12 bits per heavy atom. The van der Waals surface area contributed by atoms with E-state index in [1.165, 1.54) is 12.1 Å². The first-order valence-electron chi connectivity index (χ1n) is 7.50. The minimum Gasteiger partial charge on any atom is -0.494 e. The molecule has 0 fully saturated rings. The van der Waals surface area contributed by atoms with E-state index >= 15 is 0 Å². The highest BCUT2D eigenvalue weighted by Crippen LogP contribution is 2.19. The predicted octanol–water partition coefficient (Wildman–Crippen LogP) is 3.27. The van der Waals surface area contributed by atoms with E-state index in [-0.39, 0.29) is 11.4 Å². The molecule has 8 heteroatoms. The second-order valence-electron chi connectivity index (χ2n) is 5.01. The summed E-state index contributed by atoms with van der Waals surface area (Å²) in [5.41, 5.74) is 5.55. The number of amides is 3. The highest BCUT2D eigenvalue weighted by molar-refractivity contribution is 6.31. The summed E-state index contributed by atoms with van der Waals surface area (Å²) in [7, 11) is 0. The maximum Gasteiger partial charge on any atom is 0.337 e. The second-order valence-corrected chi connectivity index (χ2v) is 5.42. The van der Waals surface area contributed by atoms with Gasteiger partial charge in [0.2, 0.25) is 5.91 Å². The van der Waals surface area contributed by atoms with Gasteiger partial charge in [0.15, 0.2) is 0 Å². The molecule has 25 heavy (non-hydrogen) atoms. The van der Waals surface area contributed by atoms with Crippen LogP contribution in [0.15, 0.2) is 42.5 Å². The smallest absolute Gasteiger partial charge is 0.337 e. The molecule has 132 valence electrons. The van der Waals surface area contributed by atoms with E-state index in [0.717, 1.165) is 17.4 Å². The van der Waals surface area contributed by atoms with Crippen LogP contribution in [-0.4, -0.2) is 18.5 Å². The van der Waals surface area contributed by atoms with Crippen LogP contribution in [0, 0.1) is 5.82 Å². The number of carbonyl (C=O) groups excluding carboxylic acids is 2. The Morgan fingerprint density at radius 2 is 1.84 bits per heavy atom. The lowest BCUT2D eigenvalue weighted by molar-refractivity contribution is -0.121. The Morgan fingerprint density at radius 3 is 2.48 bits per heavy atom. The number of carbonyl (C=O) groups is 2. The molecule has 3 amide bonds. The van der Waals surface area contributed by atoms with Gasteiger partial charge in [0.05, 0.1) is 18.1 Å². The molecule has 0 aliphatic carbocycles. The van der Waals surface area contributed by atoms with Crippen LogP contribution >= 0.6 is 11.6 Å². The zero-order valence-electron chi connectivity index (χ0n) is 13.4. The Bertz CT molecular complexity index is 753. The van der Waals surface area contributed by atoms with E-state index in [0.29, 0.717) is 12.3 Å². The van der Waals surface area contributed by atoms with E-state index in [9.17, 15) is 14.0 Å². The van der Waals surface area contributed by atoms with E-state index in [2.05, 4.69) is 16.2 Å². The lowest BCUT2D eigenvalue weighted by Crippen LogP contribution is -2.44. The average molecular weight is 366 g/mol. The molecule has 0 saturated carbocycles. The van der Waals surface area contributed by atoms with Crippen molar-refractivity contribution in [2.45, 2.75) is 13.3 Å². The molecule has 0 spiro atoms. The quantitative estimate of drug-likeness (QED) is 0.711. The van der Waals surface area contributed by atoms with Crippen molar-refractivity contribution in [2.75, 3.05) is 11.9 Å². The van der Waals surface area contributed by atoms with Gasteiger partial charge in [-0.2, -0.15) is 0 Å². The SMILES string of the molecule is CCOc1ccc(CC(=O)NNC(=O)Nc2ccc(F)c(Cl)c2)cc1. The maximum absolute atomic E-state index is 13.0. The van der Waals surface area contributed by atoms with Gasteiger partial charge in [-0.3, -0.25) is 10.2 Å². The molecule has 0 aliphatic rings. The fraction of sp³-hybridized carbons (Fsp3) is 0.176. The largest absolute Gasteiger partial charge is 0.494 e. The Kier molecular flexibility index (Phi) is 6.59. The molecular weight excluding hydrogens is 349 g/mol. The van der Waals surface area contributed by atoms with Gasteiger partial charge in [-0.25, -0.2) is 14.6 Å². The minimum absolute atomic E-state index is 0.0923. The Labute approximate surface area is 149 Å². The van der Waals surface area contributed by atoms with Crippen LogP contribution in [0.2, 0.25) is 5.02 Å². The van der Waals surface area contributed by atoms with Gasteiger partial charge in [0, 0.05) is 5.69 Å². The number of urea groups is 1. The van der Waals surface area contributed by atoms with E-state index < -0.39 is 17.8 Å². The van der Waals surface area contributed by atoms with Gasteiger partial charge in [-0.15, -0.1) is 0 Å². The number of ether oxygens (including phenoxy) is 1. The first-order chi connectivity index (χ1) is 12.0. The van der Waals surface area contributed by atoms with Crippen molar-refractivity contribution in [3.8, 4) is 5.75 Å². The van der Waals surface area contributed by atoms with Gasteiger partial charge in [-0.1, -0.05) is 23.7 Å². The summed E-state index contributed by atoms with van der Waals surface area (Å²) in [6.07, 6.45) is 0.0923. The van der Waals surface area contributed by atoms with Gasteiger partial charge >= 0.3 is 6.03 Å². The van der Waals surface area contributed by atoms with Gasteiger partial charge < -0.3 is 10.1 Å². The minimum atomic E-state index is -0.678. The molecule has 2 aromatic rings. The van der Waals surface area contributed by atoms with Crippen LogP contribution in [0.3, 0.4) is 0 Å². The number of hydrogen-bond donors (Lipinski definition) is 3. The molecule has 0 bridgehead atoms. The lowest BCUT2D eigenvalue weighted by Gasteiger charge is -2.10. The van der Waals surface area contributed by atoms with Crippen molar-refractivity contribution in [1.29, 1.82) is 0 Å². The monoisotopic (exact) mass is 365 g/mol. The summed E-state index contributed by atoms with van der Waals surface area (Å²) in [5.74, 6) is -0.255. The Hall–Kier alpha value is -2.80. The van der Waals surface area contributed by atoms with Gasteiger partial charge in [0.1, 0.15) is 11.6 Å². The van der Waals surface area contributed by atoms with Crippen molar-refractivity contribution in [3.05, 3.63) is 58.9 Å². The van der Waals surface area contributed by atoms with Crippen molar-refractivity contribution in [2.24, 2.45) is 0 Å². The number of benzene rings is 2. The molecule has 6 nitrogen and oxygen atoms in total. The number of anilines is 1. The summed E-state index contributed by atoms with van der Waals surface area (Å²) in [6.45, 7) is 2.45.